The molecule has 144 valence electrons. The van der Waals surface area contributed by atoms with Crippen LogP contribution in [0.25, 0.3) is 5.69 Å². The summed E-state index contributed by atoms with van der Waals surface area (Å²) in [6.45, 7) is 2.47. The van der Waals surface area contributed by atoms with E-state index in [2.05, 4.69) is 20.5 Å². The Bertz CT molecular complexity index is 947. The van der Waals surface area contributed by atoms with Gasteiger partial charge in [0, 0.05) is 18.8 Å². The van der Waals surface area contributed by atoms with E-state index in [4.69, 9.17) is 5.73 Å². The number of amides is 1. The Morgan fingerprint density at radius 1 is 1.07 bits per heavy atom. The van der Waals surface area contributed by atoms with Crippen LogP contribution >= 0.6 is 0 Å². The first-order valence-electron chi connectivity index (χ1n) is 9.60. The zero-order chi connectivity index (χ0) is 19.3. The van der Waals surface area contributed by atoms with Gasteiger partial charge in [0.2, 0.25) is 0 Å². The van der Waals surface area contributed by atoms with Crippen LogP contribution in [0.5, 0.6) is 0 Å². The van der Waals surface area contributed by atoms with Gasteiger partial charge in [0.05, 0.1) is 35.4 Å². The van der Waals surface area contributed by atoms with Gasteiger partial charge in [0.1, 0.15) is 0 Å². The Hall–Kier alpha value is -3.35. The van der Waals surface area contributed by atoms with Crippen LogP contribution in [0.2, 0.25) is 0 Å². The van der Waals surface area contributed by atoms with E-state index in [0.29, 0.717) is 12.1 Å². The van der Waals surface area contributed by atoms with Crippen LogP contribution in [0.1, 0.15) is 35.3 Å². The molecule has 1 fully saturated rings. The number of nitrogens with two attached hydrogens (primary N) is 1. The quantitative estimate of drug-likeness (QED) is 0.690. The zero-order valence-electron chi connectivity index (χ0n) is 15.7. The van der Waals surface area contributed by atoms with Crippen LogP contribution in [0.3, 0.4) is 0 Å². The normalized spacial score (nSPS) is 14.1. The molecule has 1 saturated heterocycles. The summed E-state index contributed by atoms with van der Waals surface area (Å²) in [5, 5.41) is 11.7. The minimum absolute atomic E-state index is 0.390. The lowest BCUT2D eigenvalue weighted by Gasteiger charge is -2.30. The van der Waals surface area contributed by atoms with Gasteiger partial charge in [-0.15, -0.1) is 5.10 Å². The average molecular weight is 376 g/mol. The SMILES string of the molecule is NC(=O)c1ccc(NCc2cnnn2-c2ccccc2)cc1N1CCCCC1. The Morgan fingerprint density at radius 3 is 2.61 bits per heavy atom. The van der Waals surface area contributed by atoms with Crippen molar-refractivity contribution < 1.29 is 4.79 Å². The molecule has 0 aliphatic carbocycles. The number of rotatable bonds is 6. The van der Waals surface area contributed by atoms with E-state index in [0.717, 1.165) is 48.7 Å². The van der Waals surface area contributed by atoms with Crippen molar-refractivity contribution in [3.8, 4) is 5.69 Å². The third-order valence-electron chi connectivity index (χ3n) is 5.05. The predicted molar refractivity (Wildman–Crippen MR) is 110 cm³/mol. The number of piperidine rings is 1. The van der Waals surface area contributed by atoms with Crippen molar-refractivity contribution in [2.45, 2.75) is 25.8 Å². The molecule has 0 spiro atoms. The van der Waals surface area contributed by atoms with Crippen molar-refractivity contribution in [2.75, 3.05) is 23.3 Å². The summed E-state index contributed by atoms with van der Waals surface area (Å²) in [4.78, 5) is 14.1. The van der Waals surface area contributed by atoms with E-state index in [-0.39, 0.29) is 0 Å². The van der Waals surface area contributed by atoms with Crippen LogP contribution in [0.4, 0.5) is 11.4 Å². The lowest BCUT2D eigenvalue weighted by molar-refractivity contribution is 0.100. The number of anilines is 2. The van der Waals surface area contributed by atoms with Gasteiger partial charge in [-0.25, -0.2) is 4.68 Å². The second-order valence-corrected chi connectivity index (χ2v) is 6.97. The minimum atomic E-state index is -0.390. The van der Waals surface area contributed by atoms with Crippen molar-refractivity contribution in [2.24, 2.45) is 5.73 Å². The van der Waals surface area contributed by atoms with Gasteiger partial charge >= 0.3 is 0 Å². The zero-order valence-corrected chi connectivity index (χ0v) is 15.7. The molecule has 1 amide bonds. The first-order valence-corrected chi connectivity index (χ1v) is 9.60. The number of carbonyl (C=O) groups excluding carboxylic acids is 1. The summed E-state index contributed by atoms with van der Waals surface area (Å²) in [5.41, 5.74) is 9.94. The van der Waals surface area contributed by atoms with E-state index < -0.39 is 5.91 Å². The summed E-state index contributed by atoms with van der Waals surface area (Å²) in [7, 11) is 0. The molecule has 7 nitrogen and oxygen atoms in total. The maximum atomic E-state index is 11.9. The monoisotopic (exact) mass is 376 g/mol. The topological polar surface area (TPSA) is 89.1 Å². The number of primary amides is 1. The molecule has 0 saturated carbocycles. The maximum absolute atomic E-state index is 11.9. The van der Waals surface area contributed by atoms with E-state index in [1.54, 1.807) is 12.3 Å². The summed E-state index contributed by atoms with van der Waals surface area (Å²) in [6, 6.07) is 15.6. The first kappa shape index (κ1) is 18.0. The van der Waals surface area contributed by atoms with Crippen molar-refractivity contribution >= 4 is 17.3 Å². The van der Waals surface area contributed by atoms with E-state index in [9.17, 15) is 4.79 Å². The van der Waals surface area contributed by atoms with Crippen molar-refractivity contribution in [1.82, 2.24) is 15.0 Å². The number of hydrogen-bond donors (Lipinski definition) is 2. The van der Waals surface area contributed by atoms with Gasteiger partial charge in [-0.05, 0) is 49.6 Å². The highest BCUT2D eigenvalue weighted by Crippen LogP contribution is 2.28. The summed E-state index contributed by atoms with van der Waals surface area (Å²) in [6.07, 6.45) is 5.26. The Kier molecular flexibility index (Phi) is 5.23. The molecular weight excluding hydrogens is 352 g/mol. The van der Waals surface area contributed by atoms with Crippen LogP contribution < -0.4 is 16.0 Å². The highest BCUT2D eigenvalue weighted by molar-refractivity contribution is 5.99. The van der Waals surface area contributed by atoms with Crippen molar-refractivity contribution in [3.05, 3.63) is 66.0 Å². The summed E-state index contributed by atoms with van der Waals surface area (Å²) in [5.74, 6) is -0.390. The van der Waals surface area contributed by atoms with Crippen molar-refractivity contribution in [3.63, 3.8) is 0 Å². The maximum Gasteiger partial charge on any atom is 0.250 e. The molecule has 1 aromatic heterocycles. The number of hydrogen-bond acceptors (Lipinski definition) is 5. The molecule has 7 heteroatoms. The molecule has 3 N–H and O–H groups in total. The lowest BCUT2D eigenvalue weighted by Crippen LogP contribution is -2.31. The first-order chi connectivity index (χ1) is 13.7. The minimum Gasteiger partial charge on any atom is -0.379 e. The predicted octanol–water partition coefficient (Wildman–Crippen LogP) is 2.97. The molecule has 0 radical (unpaired) electrons. The van der Waals surface area contributed by atoms with E-state index in [1.165, 1.54) is 6.42 Å². The Morgan fingerprint density at radius 2 is 1.86 bits per heavy atom. The lowest BCUT2D eigenvalue weighted by atomic mass is 10.1. The number of para-hydroxylation sites is 1. The van der Waals surface area contributed by atoms with E-state index >= 15 is 0 Å². The number of benzene rings is 2. The van der Waals surface area contributed by atoms with Gasteiger partial charge in [-0.2, -0.15) is 0 Å². The molecule has 2 heterocycles. The second-order valence-electron chi connectivity index (χ2n) is 6.97. The highest BCUT2D eigenvalue weighted by atomic mass is 16.1. The summed E-state index contributed by atoms with van der Waals surface area (Å²) >= 11 is 0. The standard InChI is InChI=1S/C21H24N6O/c22-21(28)19-10-9-16(13-20(19)26-11-5-2-6-12-26)23-14-18-15-24-25-27(18)17-7-3-1-4-8-17/h1,3-4,7-10,13,15,23H,2,5-6,11-12,14H2,(H2,22,28). The molecule has 1 aliphatic heterocycles. The van der Waals surface area contributed by atoms with Crippen LogP contribution in [-0.2, 0) is 6.54 Å². The molecule has 28 heavy (non-hydrogen) atoms. The number of aromatic nitrogens is 3. The number of nitrogens with one attached hydrogen (secondary N) is 1. The number of nitrogens with zero attached hydrogens (tertiary/aromatic N) is 4. The largest absolute Gasteiger partial charge is 0.379 e. The fraction of sp³-hybridized carbons (Fsp3) is 0.286. The van der Waals surface area contributed by atoms with E-state index in [1.807, 2.05) is 47.1 Å². The van der Waals surface area contributed by atoms with Crippen LogP contribution in [-0.4, -0.2) is 34.0 Å². The molecule has 2 aromatic carbocycles. The Labute approximate surface area is 164 Å². The van der Waals surface area contributed by atoms with Gasteiger partial charge < -0.3 is 16.0 Å². The van der Waals surface area contributed by atoms with Crippen LogP contribution in [0.15, 0.2) is 54.7 Å². The molecule has 0 unspecified atom stereocenters. The second kappa shape index (κ2) is 8.12. The number of carbonyl (C=O) groups is 1. The molecule has 0 atom stereocenters. The van der Waals surface area contributed by atoms with Gasteiger partial charge in [0.15, 0.2) is 0 Å². The third kappa shape index (κ3) is 3.83. The fourth-order valence-corrected chi connectivity index (χ4v) is 3.60. The van der Waals surface area contributed by atoms with Crippen LogP contribution in [0, 0.1) is 0 Å². The molecule has 1 aliphatic rings. The highest BCUT2D eigenvalue weighted by Gasteiger charge is 2.18. The van der Waals surface area contributed by atoms with Gasteiger partial charge in [-0.3, -0.25) is 4.79 Å². The van der Waals surface area contributed by atoms with Gasteiger partial charge in [0.25, 0.3) is 5.91 Å². The molecule has 4 rings (SSSR count). The van der Waals surface area contributed by atoms with Gasteiger partial charge in [-0.1, -0.05) is 23.4 Å². The summed E-state index contributed by atoms with van der Waals surface area (Å²) < 4.78 is 1.82. The molecular formula is C21H24N6O. The smallest absolute Gasteiger partial charge is 0.250 e. The average Bonchev–Trinajstić information content (AvgIpc) is 3.22. The fourth-order valence-electron chi connectivity index (χ4n) is 3.60. The molecule has 3 aromatic rings. The Balaban J connectivity index is 1.55. The molecule has 0 bridgehead atoms. The third-order valence-corrected chi connectivity index (χ3v) is 5.05. The van der Waals surface area contributed by atoms with Crippen molar-refractivity contribution in [1.29, 1.82) is 0 Å².